The van der Waals surface area contributed by atoms with E-state index in [1.54, 1.807) is 12.1 Å². The Hall–Kier alpha value is -1.29. The predicted molar refractivity (Wildman–Crippen MR) is 69.0 cm³/mol. The Kier molecular flexibility index (Phi) is 3.98. The largest absolute Gasteiger partial charge is 0.476 e. The third kappa shape index (κ3) is 2.88. The molecule has 0 aliphatic rings. The molecule has 0 saturated carbocycles. The summed E-state index contributed by atoms with van der Waals surface area (Å²) >= 11 is 5.78. The monoisotopic (exact) mass is 256 g/mol. The molecule has 0 unspecified atom stereocenters. The summed E-state index contributed by atoms with van der Waals surface area (Å²) in [5.74, 6) is -0.502. The van der Waals surface area contributed by atoms with Gasteiger partial charge in [-0.1, -0.05) is 18.5 Å². The van der Waals surface area contributed by atoms with Crippen LogP contribution in [0.1, 0.15) is 37.7 Å². The van der Waals surface area contributed by atoms with Crippen molar-refractivity contribution in [1.29, 1.82) is 0 Å². The van der Waals surface area contributed by atoms with Crippen molar-refractivity contribution in [1.82, 2.24) is 4.98 Å². The maximum absolute atomic E-state index is 11.0. The van der Waals surface area contributed by atoms with Crippen molar-refractivity contribution in [2.45, 2.75) is 32.7 Å². The quantitative estimate of drug-likeness (QED) is 0.900. The van der Waals surface area contributed by atoms with Gasteiger partial charge in [0.1, 0.15) is 5.82 Å². The van der Waals surface area contributed by atoms with E-state index in [9.17, 15) is 4.79 Å². The fraction of sp³-hybridized carbons (Fsp3) is 0.500. The maximum atomic E-state index is 11.0. The van der Waals surface area contributed by atoms with Gasteiger partial charge in [-0.25, -0.2) is 9.78 Å². The summed E-state index contributed by atoms with van der Waals surface area (Å²) in [5.41, 5.74) is -0.195. The van der Waals surface area contributed by atoms with E-state index < -0.39 is 5.97 Å². The van der Waals surface area contributed by atoms with E-state index in [2.05, 4.69) is 25.8 Å². The van der Waals surface area contributed by atoms with E-state index >= 15 is 0 Å². The van der Waals surface area contributed by atoms with Crippen molar-refractivity contribution in [3.63, 3.8) is 0 Å². The molecule has 1 N–H and O–H groups in total. The van der Waals surface area contributed by atoms with Crippen LogP contribution in [0.4, 0.5) is 5.82 Å². The number of aromatic carboxylic acids is 1. The number of rotatable bonds is 4. The van der Waals surface area contributed by atoms with Gasteiger partial charge in [-0.3, -0.25) is 0 Å². The summed E-state index contributed by atoms with van der Waals surface area (Å²) in [4.78, 5) is 17.0. The zero-order valence-corrected chi connectivity index (χ0v) is 11.2. The Balaban J connectivity index is 3.16. The van der Waals surface area contributed by atoms with Crippen LogP contribution >= 0.6 is 11.6 Å². The zero-order chi connectivity index (χ0) is 13.2. The number of carboxylic acids is 1. The summed E-state index contributed by atoms with van der Waals surface area (Å²) < 4.78 is 0. The molecule has 0 aliphatic heterocycles. The summed E-state index contributed by atoms with van der Waals surface area (Å²) in [6.07, 6.45) is 0.927. The normalized spacial score (nSPS) is 11.4. The summed E-state index contributed by atoms with van der Waals surface area (Å²) in [6.45, 7) is 6.22. The van der Waals surface area contributed by atoms with Crippen LogP contribution in [-0.4, -0.2) is 28.6 Å². The second kappa shape index (κ2) is 4.92. The zero-order valence-electron chi connectivity index (χ0n) is 10.5. The van der Waals surface area contributed by atoms with E-state index in [4.69, 9.17) is 16.7 Å². The molecule has 17 heavy (non-hydrogen) atoms. The van der Waals surface area contributed by atoms with E-state index in [0.29, 0.717) is 5.82 Å². The highest BCUT2D eigenvalue weighted by Crippen LogP contribution is 2.25. The van der Waals surface area contributed by atoms with Crippen LogP contribution in [0.25, 0.3) is 0 Å². The van der Waals surface area contributed by atoms with Gasteiger partial charge >= 0.3 is 5.97 Å². The van der Waals surface area contributed by atoms with Crippen molar-refractivity contribution in [3.8, 4) is 0 Å². The number of hydrogen-bond donors (Lipinski definition) is 1. The van der Waals surface area contributed by atoms with Crippen molar-refractivity contribution in [2.24, 2.45) is 0 Å². The van der Waals surface area contributed by atoms with E-state index in [-0.39, 0.29) is 16.3 Å². The lowest BCUT2D eigenvalue weighted by atomic mass is 10.00. The first-order valence-corrected chi connectivity index (χ1v) is 5.81. The van der Waals surface area contributed by atoms with Crippen LogP contribution in [0.5, 0.6) is 0 Å². The van der Waals surface area contributed by atoms with E-state index in [1.165, 1.54) is 0 Å². The average Bonchev–Trinajstić information content (AvgIpc) is 2.28. The molecule has 0 spiro atoms. The highest BCUT2D eigenvalue weighted by molar-refractivity contribution is 6.33. The van der Waals surface area contributed by atoms with Gasteiger partial charge in [0.2, 0.25) is 0 Å². The van der Waals surface area contributed by atoms with Gasteiger partial charge in [0.25, 0.3) is 0 Å². The summed E-state index contributed by atoms with van der Waals surface area (Å²) in [6, 6.07) is 3.29. The van der Waals surface area contributed by atoms with Crippen LogP contribution in [-0.2, 0) is 0 Å². The first kappa shape index (κ1) is 13.8. The maximum Gasteiger partial charge on any atom is 0.356 e. The highest BCUT2D eigenvalue weighted by Gasteiger charge is 2.23. The Labute approximate surface area is 106 Å². The summed E-state index contributed by atoms with van der Waals surface area (Å²) in [7, 11) is 1.89. The fourth-order valence-corrected chi connectivity index (χ4v) is 1.50. The molecule has 0 bridgehead atoms. The molecule has 0 aromatic carbocycles. The minimum atomic E-state index is -1.11. The Bertz CT molecular complexity index is 433. The minimum absolute atomic E-state index is 0.0867. The van der Waals surface area contributed by atoms with Gasteiger partial charge in [-0.05, 0) is 32.4 Å². The fourth-order valence-electron chi connectivity index (χ4n) is 1.32. The van der Waals surface area contributed by atoms with Gasteiger partial charge in [0, 0.05) is 12.6 Å². The van der Waals surface area contributed by atoms with Gasteiger partial charge in [0.05, 0.1) is 5.02 Å². The Morgan fingerprint density at radius 1 is 1.53 bits per heavy atom. The SMILES string of the molecule is CCC(C)(C)N(C)c1ccc(Cl)c(C(=O)O)n1. The Morgan fingerprint density at radius 2 is 2.12 bits per heavy atom. The molecule has 0 amide bonds. The van der Waals surface area contributed by atoms with Gasteiger partial charge in [-0.2, -0.15) is 0 Å². The van der Waals surface area contributed by atoms with Crippen molar-refractivity contribution in [2.75, 3.05) is 11.9 Å². The van der Waals surface area contributed by atoms with Crippen LogP contribution in [0.3, 0.4) is 0 Å². The average molecular weight is 257 g/mol. The smallest absolute Gasteiger partial charge is 0.356 e. The first-order chi connectivity index (χ1) is 7.79. The molecule has 0 radical (unpaired) electrons. The molecule has 1 aromatic heterocycles. The van der Waals surface area contributed by atoms with Gasteiger partial charge in [-0.15, -0.1) is 0 Å². The number of carboxylic acid groups (broad SMARTS) is 1. The second-order valence-corrected chi connectivity index (χ2v) is 4.94. The number of halogens is 1. The lowest BCUT2D eigenvalue weighted by Gasteiger charge is -2.35. The second-order valence-electron chi connectivity index (χ2n) is 4.53. The van der Waals surface area contributed by atoms with Crippen molar-refractivity contribution >= 4 is 23.4 Å². The number of carbonyl (C=O) groups is 1. The molecular formula is C12H17ClN2O2. The third-order valence-electron chi connectivity index (χ3n) is 3.15. The number of nitrogens with zero attached hydrogens (tertiary/aromatic N) is 2. The van der Waals surface area contributed by atoms with Crippen LogP contribution in [0, 0.1) is 0 Å². The van der Waals surface area contributed by atoms with Crippen molar-refractivity contribution < 1.29 is 9.90 Å². The van der Waals surface area contributed by atoms with Gasteiger partial charge < -0.3 is 10.0 Å². The number of anilines is 1. The first-order valence-electron chi connectivity index (χ1n) is 5.43. The topological polar surface area (TPSA) is 53.4 Å². The molecule has 0 atom stereocenters. The van der Waals surface area contributed by atoms with Crippen LogP contribution in [0.2, 0.25) is 5.02 Å². The van der Waals surface area contributed by atoms with Crippen LogP contribution < -0.4 is 4.90 Å². The molecule has 0 saturated heterocycles. The van der Waals surface area contributed by atoms with Crippen molar-refractivity contribution in [3.05, 3.63) is 22.8 Å². The van der Waals surface area contributed by atoms with Crippen LogP contribution in [0.15, 0.2) is 12.1 Å². The molecule has 0 fully saturated rings. The number of pyridine rings is 1. The molecule has 94 valence electrons. The molecule has 1 rings (SSSR count). The lowest BCUT2D eigenvalue weighted by Crippen LogP contribution is -2.41. The third-order valence-corrected chi connectivity index (χ3v) is 3.46. The summed E-state index contributed by atoms with van der Waals surface area (Å²) in [5, 5.41) is 9.12. The molecule has 5 heteroatoms. The molecular weight excluding hydrogens is 240 g/mol. The highest BCUT2D eigenvalue weighted by atomic mass is 35.5. The molecule has 1 aromatic rings. The molecule has 1 heterocycles. The lowest BCUT2D eigenvalue weighted by molar-refractivity contribution is 0.0690. The predicted octanol–water partition coefficient (Wildman–Crippen LogP) is 3.06. The number of hydrogen-bond acceptors (Lipinski definition) is 3. The minimum Gasteiger partial charge on any atom is -0.476 e. The molecule has 4 nitrogen and oxygen atoms in total. The number of aromatic nitrogens is 1. The Morgan fingerprint density at radius 3 is 2.59 bits per heavy atom. The van der Waals surface area contributed by atoms with E-state index in [1.807, 2.05) is 11.9 Å². The van der Waals surface area contributed by atoms with Gasteiger partial charge in [0.15, 0.2) is 5.69 Å². The van der Waals surface area contributed by atoms with E-state index in [0.717, 1.165) is 6.42 Å². The molecule has 0 aliphatic carbocycles. The standard InChI is InChI=1S/C12H17ClN2O2/c1-5-12(2,3)15(4)9-7-6-8(13)10(14-9)11(16)17/h6-7H,5H2,1-4H3,(H,16,17).